The molecular weight excluding hydrogens is 452 g/mol. The van der Waals surface area contributed by atoms with E-state index in [1.165, 1.54) is 4.90 Å². The molecule has 166 valence electrons. The normalized spacial score (nSPS) is 17.5. The van der Waals surface area contributed by atoms with Crippen LogP contribution in [-0.4, -0.2) is 37.3 Å². The Bertz CT molecular complexity index is 1270. The van der Waals surface area contributed by atoms with Crippen LogP contribution in [0.5, 0.6) is 5.75 Å². The lowest BCUT2D eigenvalue weighted by Crippen LogP contribution is -2.38. The number of carbonyl (C=O) groups excluding carboxylic acids is 3. The number of thioether (sulfide) groups is 1. The van der Waals surface area contributed by atoms with Gasteiger partial charge in [-0.3, -0.25) is 19.7 Å². The number of imide groups is 1. The average Bonchev–Trinajstić information content (AvgIpc) is 3.07. The third-order valence-corrected chi connectivity index (χ3v) is 8.02. The number of nitrogens with one attached hydrogen (secondary N) is 1. The van der Waals surface area contributed by atoms with E-state index in [2.05, 4.69) is 5.32 Å². The Balaban J connectivity index is 1.67. The number of carbonyl (C=O) groups is 3. The SMILES string of the molecule is CC(C)S(=O)(=O)c1cccc(CN2C(=O)COc3ccc(C=C4SC(=O)NC4=O)cc32)c1. The summed E-state index contributed by atoms with van der Waals surface area (Å²) in [5, 5.41) is 1.21. The van der Waals surface area contributed by atoms with E-state index in [-0.39, 0.29) is 28.9 Å². The molecule has 0 aliphatic carbocycles. The fourth-order valence-corrected chi connectivity index (χ4v) is 5.14. The lowest BCUT2D eigenvalue weighted by Gasteiger charge is -2.30. The van der Waals surface area contributed by atoms with E-state index in [1.54, 1.807) is 62.4 Å². The Morgan fingerprint density at radius 2 is 1.94 bits per heavy atom. The first-order chi connectivity index (χ1) is 15.1. The van der Waals surface area contributed by atoms with Crippen molar-refractivity contribution < 1.29 is 27.5 Å². The van der Waals surface area contributed by atoms with Gasteiger partial charge in [-0.15, -0.1) is 0 Å². The first kappa shape index (κ1) is 22.1. The molecule has 0 radical (unpaired) electrons. The van der Waals surface area contributed by atoms with Crippen LogP contribution in [0.15, 0.2) is 52.3 Å². The van der Waals surface area contributed by atoms with Gasteiger partial charge in [-0.05, 0) is 67.1 Å². The molecule has 2 aromatic carbocycles. The fraction of sp³-hybridized carbons (Fsp3) is 0.227. The number of amides is 3. The molecule has 2 aliphatic rings. The quantitative estimate of drug-likeness (QED) is 0.666. The van der Waals surface area contributed by atoms with E-state index >= 15 is 0 Å². The maximum absolute atomic E-state index is 12.7. The zero-order valence-electron chi connectivity index (χ0n) is 17.3. The second-order valence-corrected chi connectivity index (χ2v) is 11.1. The number of ether oxygens (including phenoxy) is 1. The topological polar surface area (TPSA) is 110 Å². The van der Waals surface area contributed by atoms with Crippen LogP contribution in [-0.2, 0) is 26.0 Å². The van der Waals surface area contributed by atoms with Gasteiger partial charge in [0.25, 0.3) is 17.1 Å². The summed E-state index contributed by atoms with van der Waals surface area (Å²) in [6, 6.07) is 11.7. The molecule has 2 heterocycles. The summed E-state index contributed by atoms with van der Waals surface area (Å²) in [7, 11) is -3.45. The number of hydrogen-bond acceptors (Lipinski definition) is 7. The van der Waals surface area contributed by atoms with Crippen molar-refractivity contribution in [2.24, 2.45) is 0 Å². The van der Waals surface area contributed by atoms with Gasteiger partial charge in [0, 0.05) is 0 Å². The van der Waals surface area contributed by atoms with Crippen molar-refractivity contribution in [3.8, 4) is 5.75 Å². The van der Waals surface area contributed by atoms with E-state index < -0.39 is 26.2 Å². The smallest absolute Gasteiger partial charge is 0.290 e. The zero-order valence-corrected chi connectivity index (χ0v) is 19.0. The minimum atomic E-state index is -3.45. The molecule has 10 heteroatoms. The first-order valence-corrected chi connectivity index (χ1v) is 12.2. The second-order valence-electron chi connectivity index (χ2n) is 7.59. The molecule has 0 atom stereocenters. The fourth-order valence-electron chi connectivity index (χ4n) is 3.33. The van der Waals surface area contributed by atoms with Crippen LogP contribution in [0.4, 0.5) is 10.5 Å². The van der Waals surface area contributed by atoms with Gasteiger partial charge in [0.15, 0.2) is 16.4 Å². The number of nitrogens with zero attached hydrogens (tertiary/aromatic N) is 1. The average molecular weight is 473 g/mol. The summed E-state index contributed by atoms with van der Waals surface area (Å²) in [6.45, 7) is 3.26. The number of fused-ring (bicyclic) bond motifs is 1. The molecule has 2 aliphatic heterocycles. The van der Waals surface area contributed by atoms with E-state index in [0.29, 0.717) is 22.6 Å². The molecular formula is C22H20N2O6S2. The Morgan fingerprint density at radius 3 is 2.62 bits per heavy atom. The zero-order chi connectivity index (χ0) is 23.0. The molecule has 1 N–H and O–H groups in total. The maximum atomic E-state index is 12.7. The van der Waals surface area contributed by atoms with Gasteiger partial charge < -0.3 is 9.64 Å². The van der Waals surface area contributed by atoms with Crippen LogP contribution in [0, 0.1) is 0 Å². The van der Waals surface area contributed by atoms with Crippen LogP contribution in [0.2, 0.25) is 0 Å². The number of rotatable bonds is 5. The van der Waals surface area contributed by atoms with Crippen LogP contribution >= 0.6 is 11.8 Å². The molecule has 0 saturated carbocycles. The summed E-state index contributed by atoms with van der Waals surface area (Å²) in [5.41, 5.74) is 1.78. The van der Waals surface area contributed by atoms with Crippen LogP contribution < -0.4 is 15.0 Å². The Kier molecular flexibility index (Phi) is 5.83. The van der Waals surface area contributed by atoms with Crippen LogP contribution in [0.3, 0.4) is 0 Å². The van der Waals surface area contributed by atoms with Gasteiger partial charge in [0.1, 0.15) is 5.75 Å². The highest BCUT2D eigenvalue weighted by Crippen LogP contribution is 2.36. The number of sulfone groups is 1. The summed E-state index contributed by atoms with van der Waals surface area (Å²) < 4.78 is 30.6. The maximum Gasteiger partial charge on any atom is 0.290 e. The Hall–Kier alpha value is -3.11. The van der Waals surface area contributed by atoms with E-state index in [4.69, 9.17) is 4.74 Å². The van der Waals surface area contributed by atoms with Crippen molar-refractivity contribution in [2.45, 2.75) is 30.5 Å². The minimum Gasteiger partial charge on any atom is -0.482 e. The first-order valence-electron chi connectivity index (χ1n) is 9.80. The number of benzene rings is 2. The molecule has 0 aromatic heterocycles. The van der Waals surface area contributed by atoms with Gasteiger partial charge in [0.2, 0.25) is 0 Å². The molecule has 1 saturated heterocycles. The molecule has 1 fully saturated rings. The highest BCUT2D eigenvalue weighted by molar-refractivity contribution is 8.18. The van der Waals surface area contributed by atoms with E-state index in [9.17, 15) is 22.8 Å². The third-order valence-electron chi connectivity index (χ3n) is 5.05. The van der Waals surface area contributed by atoms with Crippen LogP contribution in [0.1, 0.15) is 25.0 Å². The molecule has 0 spiro atoms. The summed E-state index contributed by atoms with van der Waals surface area (Å²) >= 11 is 0.809. The lowest BCUT2D eigenvalue weighted by molar-refractivity contribution is -0.121. The summed E-state index contributed by atoms with van der Waals surface area (Å²) in [5.74, 6) is -0.245. The standard InChI is InChI=1S/C22H20N2O6S2/c1-13(2)32(28,29)16-5-3-4-15(8-16)11-24-17-9-14(6-7-18(17)30-12-20(24)25)10-19-21(26)23-22(27)31-19/h3-10,13H,11-12H2,1-2H3,(H,23,26,27). The van der Waals surface area contributed by atoms with Crippen molar-refractivity contribution in [1.82, 2.24) is 5.32 Å². The summed E-state index contributed by atoms with van der Waals surface area (Å²) in [4.78, 5) is 37.9. The molecule has 2 aromatic rings. The lowest BCUT2D eigenvalue weighted by atomic mass is 10.1. The van der Waals surface area contributed by atoms with Gasteiger partial charge in [-0.1, -0.05) is 18.2 Å². The Labute approximate surface area is 189 Å². The largest absolute Gasteiger partial charge is 0.482 e. The minimum absolute atomic E-state index is 0.135. The second kappa shape index (κ2) is 8.44. The van der Waals surface area contributed by atoms with E-state index in [0.717, 1.165) is 11.8 Å². The third kappa shape index (κ3) is 4.28. The summed E-state index contributed by atoms with van der Waals surface area (Å²) in [6.07, 6.45) is 1.57. The van der Waals surface area contributed by atoms with Crippen molar-refractivity contribution in [1.29, 1.82) is 0 Å². The van der Waals surface area contributed by atoms with E-state index in [1.807, 2.05) is 0 Å². The van der Waals surface area contributed by atoms with Gasteiger partial charge in [-0.25, -0.2) is 8.42 Å². The molecule has 8 nitrogen and oxygen atoms in total. The number of anilines is 1. The molecule has 4 rings (SSSR count). The molecule has 0 bridgehead atoms. The monoisotopic (exact) mass is 472 g/mol. The number of hydrogen-bond donors (Lipinski definition) is 1. The van der Waals surface area contributed by atoms with Crippen molar-refractivity contribution in [3.05, 3.63) is 58.5 Å². The Morgan fingerprint density at radius 1 is 1.16 bits per heavy atom. The molecule has 32 heavy (non-hydrogen) atoms. The highest BCUT2D eigenvalue weighted by Gasteiger charge is 2.28. The molecule has 3 amide bonds. The van der Waals surface area contributed by atoms with Crippen molar-refractivity contribution >= 4 is 50.4 Å². The molecule has 0 unspecified atom stereocenters. The van der Waals surface area contributed by atoms with Gasteiger partial charge in [0.05, 0.1) is 27.3 Å². The predicted octanol–water partition coefficient (Wildman–Crippen LogP) is 3.12. The van der Waals surface area contributed by atoms with Crippen molar-refractivity contribution in [2.75, 3.05) is 11.5 Å². The van der Waals surface area contributed by atoms with Crippen LogP contribution in [0.25, 0.3) is 6.08 Å². The predicted molar refractivity (Wildman–Crippen MR) is 121 cm³/mol. The van der Waals surface area contributed by atoms with Crippen molar-refractivity contribution in [3.63, 3.8) is 0 Å². The highest BCUT2D eigenvalue weighted by atomic mass is 32.2. The van der Waals surface area contributed by atoms with Gasteiger partial charge >= 0.3 is 0 Å². The van der Waals surface area contributed by atoms with Gasteiger partial charge in [-0.2, -0.15) is 0 Å².